The van der Waals surface area contributed by atoms with Crippen LogP contribution >= 0.6 is 15.9 Å². The lowest BCUT2D eigenvalue weighted by Gasteiger charge is -2.45. The van der Waals surface area contributed by atoms with Crippen molar-refractivity contribution in [2.45, 2.75) is 32.3 Å². The van der Waals surface area contributed by atoms with Gasteiger partial charge in [0.2, 0.25) is 0 Å². The number of alkyl halides is 1. The summed E-state index contributed by atoms with van der Waals surface area (Å²) in [5.41, 5.74) is 0.594. The van der Waals surface area contributed by atoms with E-state index in [0.29, 0.717) is 11.5 Å². The molecule has 0 aromatic heterocycles. The molecule has 2 nitrogen and oxygen atoms in total. The van der Waals surface area contributed by atoms with E-state index in [4.69, 9.17) is 4.74 Å². The van der Waals surface area contributed by atoms with Crippen LogP contribution in [-0.2, 0) is 4.74 Å². The van der Waals surface area contributed by atoms with Gasteiger partial charge in [-0.2, -0.15) is 0 Å². The minimum Gasteiger partial charge on any atom is -0.376 e. The van der Waals surface area contributed by atoms with E-state index in [1.54, 1.807) is 0 Å². The second-order valence-electron chi connectivity index (χ2n) is 4.90. The fourth-order valence-electron chi connectivity index (χ4n) is 2.52. The molecule has 0 aromatic carbocycles. The van der Waals surface area contributed by atoms with Gasteiger partial charge in [-0.1, -0.05) is 22.4 Å². The molecule has 1 unspecified atom stereocenters. The van der Waals surface area contributed by atoms with Crippen molar-refractivity contribution < 1.29 is 4.74 Å². The van der Waals surface area contributed by atoms with Gasteiger partial charge in [0.15, 0.2) is 0 Å². The number of halogens is 1. The summed E-state index contributed by atoms with van der Waals surface area (Å²) < 4.78 is 5.55. The van der Waals surface area contributed by atoms with Gasteiger partial charge in [-0.3, -0.25) is 4.90 Å². The number of nitrogens with zero attached hydrogens (tertiary/aromatic N) is 1. The van der Waals surface area contributed by atoms with Crippen LogP contribution in [0.2, 0.25) is 0 Å². The first-order valence-corrected chi connectivity index (χ1v) is 6.76. The number of hydrogen-bond acceptors (Lipinski definition) is 2. The predicted octanol–water partition coefficient (Wildman–Crippen LogP) is 2.27. The zero-order valence-electron chi connectivity index (χ0n) is 8.97. The van der Waals surface area contributed by atoms with Crippen LogP contribution in [0, 0.1) is 5.41 Å². The summed E-state index contributed by atoms with van der Waals surface area (Å²) >= 11 is 3.67. The topological polar surface area (TPSA) is 12.5 Å². The normalized spacial score (nSPS) is 32.6. The molecule has 1 aliphatic heterocycles. The molecule has 1 aliphatic carbocycles. The lowest BCUT2D eigenvalue weighted by molar-refractivity contribution is -0.0393. The first-order chi connectivity index (χ1) is 6.74. The lowest BCUT2D eigenvalue weighted by atomic mass is 9.70. The van der Waals surface area contributed by atoms with E-state index in [1.807, 2.05) is 0 Å². The van der Waals surface area contributed by atoms with Gasteiger partial charge in [0, 0.05) is 25.0 Å². The Kier molecular flexibility index (Phi) is 3.50. The molecule has 1 saturated heterocycles. The largest absolute Gasteiger partial charge is 0.376 e. The van der Waals surface area contributed by atoms with Crippen molar-refractivity contribution in [2.75, 3.05) is 31.6 Å². The fourth-order valence-corrected chi connectivity index (χ4v) is 3.26. The van der Waals surface area contributed by atoms with E-state index in [1.165, 1.54) is 31.1 Å². The van der Waals surface area contributed by atoms with Gasteiger partial charge in [0.1, 0.15) is 0 Å². The molecule has 0 N–H and O–H groups in total. The predicted molar refractivity (Wildman–Crippen MR) is 61.9 cm³/mol. The Morgan fingerprint density at radius 2 is 2.29 bits per heavy atom. The maximum atomic E-state index is 5.55. The molecule has 2 rings (SSSR count). The van der Waals surface area contributed by atoms with Crippen molar-refractivity contribution in [3.05, 3.63) is 0 Å². The number of hydrogen-bond donors (Lipinski definition) is 0. The van der Waals surface area contributed by atoms with Gasteiger partial charge >= 0.3 is 0 Å². The minimum atomic E-state index is 0.427. The van der Waals surface area contributed by atoms with Crippen LogP contribution in [0.15, 0.2) is 0 Å². The van der Waals surface area contributed by atoms with E-state index in [9.17, 15) is 0 Å². The average Bonchev–Trinajstić information content (AvgIpc) is 2.11. The van der Waals surface area contributed by atoms with Crippen molar-refractivity contribution in [3.8, 4) is 0 Å². The van der Waals surface area contributed by atoms with E-state index < -0.39 is 0 Å². The third-order valence-corrected chi connectivity index (χ3v) is 4.77. The van der Waals surface area contributed by atoms with Crippen LogP contribution in [0.4, 0.5) is 0 Å². The van der Waals surface area contributed by atoms with Crippen molar-refractivity contribution in [1.29, 1.82) is 0 Å². The Bertz CT molecular complexity index is 188. The molecule has 2 aliphatic rings. The minimum absolute atomic E-state index is 0.427. The van der Waals surface area contributed by atoms with Crippen molar-refractivity contribution in [2.24, 2.45) is 5.41 Å². The van der Waals surface area contributed by atoms with Crippen LogP contribution in [-0.4, -0.2) is 42.6 Å². The molecule has 1 heterocycles. The highest BCUT2D eigenvalue weighted by Gasteiger charge is 2.38. The molecule has 1 atom stereocenters. The second kappa shape index (κ2) is 4.50. The molecule has 0 amide bonds. The Morgan fingerprint density at radius 3 is 2.79 bits per heavy atom. The van der Waals surface area contributed by atoms with Gasteiger partial charge in [-0.05, 0) is 25.2 Å². The first-order valence-electron chi connectivity index (χ1n) is 5.64. The van der Waals surface area contributed by atoms with Crippen LogP contribution in [0.3, 0.4) is 0 Å². The molecule has 82 valence electrons. The lowest BCUT2D eigenvalue weighted by Crippen LogP contribution is -2.49. The summed E-state index contributed by atoms with van der Waals surface area (Å²) in [6.07, 6.45) is 4.66. The van der Waals surface area contributed by atoms with E-state index in [0.717, 1.165) is 19.7 Å². The monoisotopic (exact) mass is 261 g/mol. The van der Waals surface area contributed by atoms with Crippen LogP contribution < -0.4 is 0 Å². The SMILES string of the molecule is CC1CN(CC2(CBr)CCC2)CCO1. The molecule has 14 heavy (non-hydrogen) atoms. The third-order valence-electron chi connectivity index (χ3n) is 3.58. The Morgan fingerprint density at radius 1 is 1.50 bits per heavy atom. The Balaban J connectivity index is 1.83. The van der Waals surface area contributed by atoms with Gasteiger partial charge in [0.05, 0.1) is 12.7 Å². The number of morpholine rings is 1. The summed E-state index contributed by atoms with van der Waals surface area (Å²) in [6, 6.07) is 0. The smallest absolute Gasteiger partial charge is 0.0674 e. The summed E-state index contributed by atoms with van der Waals surface area (Å²) in [5.74, 6) is 0. The number of rotatable bonds is 3. The standard InChI is InChI=1S/C11H20BrNO/c1-10-7-13(5-6-14-10)9-11(8-12)3-2-4-11/h10H,2-9H2,1H3. The molecule has 0 spiro atoms. The van der Waals surface area contributed by atoms with Crippen molar-refractivity contribution in [3.63, 3.8) is 0 Å². The van der Waals surface area contributed by atoms with E-state index >= 15 is 0 Å². The second-order valence-corrected chi connectivity index (χ2v) is 5.46. The maximum absolute atomic E-state index is 5.55. The van der Waals surface area contributed by atoms with Crippen LogP contribution in [0.5, 0.6) is 0 Å². The molecule has 0 bridgehead atoms. The fraction of sp³-hybridized carbons (Fsp3) is 1.00. The quantitative estimate of drug-likeness (QED) is 0.723. The first kappa shape index (κ1) is 10.9. The molecule has 0 radical (unpaired) electrons. The molecular weight excluding hydrogens is 242 g/mol. The summed E-state index contributed by atoms with van der Waals surface area (Å²) in [6.45, 7) is 6.60. The van der Waals surface area contributed by atoms with Gasteiger partial charge in [-0.25, -0.2) is 0 Å². The highest BCUT2D eigenvalue weighted by Crippen LogP contribution is 2.43. The van der Waals surface area contributed by atoms with Crippen LogP contribution in [0.25, 0.3) is 0 Å². The zero-order valence-corrected chi connectivity index (χ0v) is 10.6. The van der Waals surface area contributed by atoms with E-state index in [2.05, 4.69) is 27.8 Å². The molecule has 2 fully saturated rings. The molecule has 3 heteroatoms. The zero-order chi connectivity index (χ0) is 10.0. The summed E-state index contributed by atoms with van der Waals surface area (Å²) in [5, 5.41) is 1.17. The third kappa shape index (κ3) is 2.31. The van der Waals surface area contributed by atoms with Gasteiger partial charge < -0.3 is 4.74 Å². The van der Waals surface area contributed by atoms with Gasteiger partial charge in [-0.15, -0.1) is 0 Å². The molecule has 1 saturated carbocycles. The summed E-state index contributed by atoms with van der Waals surface area (Å²) in [4.78, 5) is 2.58. The Hall–Kier alpha value is 0.400. The summed E-state index contributed by atoms with van der Waals surface area (Å²) in [7, 11) is 0. The van der Waals surface area contributed by atoms with Crippen LogP contribution in [0.1, 0.15) is 26.2 Å². The van der Waals surface area contributed by atoms with Gasteiger partial charge in [0.25, 0.3) is 0 Å². The van der Waals surface area contributed by atoms with Crippen molar-refractivity contribution in [1.82, 2.24) is 4.90 Å². The highest BCUT2D eigenvalue weighted by molar-refractivity contribution is 9.09. The van der Waals surface area contributed by atoms with Crippen molar-refractivity contribution >= 4 is 15.9 Å². The average molecular weight is 262 g/mol. The van der Waals surface area contributed by atoms with E-state index in [-0.39, 0.29) is 0 Å². The Labute approximate surface area is 95.1 Å². The molecule has 0 aromatic rings. The number of ether oxygens (including phenoxy) is 1. The highest BCUT2D eigenvalue weighted by atomic mass is 79.9. The maximum Gasteiger partial charge on any atom is 0.0674 e. The molecular formula is C11H20BrNO.